The van der Waals surface area contributed by atoms with Crippen LogP contribution in [-0.4, -0.2) is 41.8 Å². The standard InChI is InChI=1S/C28H29N9O2/c1-18(2)37-17-32-22-10-9-19(13-23(22)37)15-31-28(38)39-12-6-5-11-36-16-33-24-25(30)34-26(35-27(24)36)21-8-4-3-7-20(21)14-29/h3-4,7-10,13,16-18H,5-6,11-12,15H2,1-2H3,(H,31,38)(H2,30,34,35). The Balaban J connectivity index is 1.13. The van der Waals surface area contributed by atoms with Crippen LogP contribution in [0.5, 0.6) is 0 Å². The van der Waals surface area contributed by atoms with Gasteiger partial charge in [0.1, 0.15) is 5.52 Å². The first-order chi connectivity index (χ1) is 18.9. The lowest BCUT2D eigenvalue weighted by Gasteiger charge is -2.10. The molecule has 5 rings (SSSR count). The highest BCUT2D eigenvalue weighted by atomic mass is 16.5. The summed E-state index contributed by atoms with van der Waals surface area (Å²) in [5.74, 6) is 0.640. The molecular formula is C28H29N9O2. The van der Waals surface area contributed by atoms with E-state index in [1.54, 1.807) is 24.5 Å². The Morgan fingerprint density at radius 2 is 1.97 bits per heavy atom. The molecule has 3 heterocycles. The van der Waals surface area contributed by atoms with Crippen LogP contribution in [0.25, 0.3) is 33.6 Å². The number of benzene rings is 2. The van der Waals surface area contributed by atoms with Gasteiger partial charge in [-0.25, -0.2) is 24.7 Å². The number of hydrogen-bond acceptors (Lipinski definition) is 8. The van der Waals surface area contributed by atoms with E-state index in [4.69, 9.17) is 10.5 Å². The van der Waals surface area contributed by atoms with E-state index in [2.05, 4.69) is 49.7 Å². The van der Waals surface area contributed by atoms with Gasteiger partial charge in [0.25, 0.3) is 0 Å². The number of nitrogens with one attached hydrogen (secondary N) is 1. The molecule has 11 nitrogen and oxygen atoms in total. The minimum atomic E-state index is -0.457. The van der Waals surface area contributed by atoms with Gasteiger partial charge >= 0.3 is 6.09 Å². The molecular weight excluding hydrogens is 494 g/mol. The summed E-state index contributed by atoms with van der Waals surface area (Å²) in [5.41, 5.74) is 11.3. The number of nitrogens with zero attached hydrogens (tertiary/aromatic N) is 7. The Hall–Kier alpha value is -4.98. The van der Waals surface area contributed by atoms with Crippen LogP contribution in [0.2, 0.25) is 0 Å². The Morgan fingerprint density at radius 3 is 2.79 bits per heavy atom. The Labute approximate surface area is 225 Å². The van der Waals surface area contributed by atoms with Crippen molar-refractivity contribution in [2.75, 3.05) is 12.3 Å². The van der Waals surface area contributed by atoms with Crippen LogP contribution in [0, 0.1) is 11.3 Å². The van der Waals surface area contributed by atoms with Gasteiger partial charge in [0.05, 0.1) is 41.9 Å². The van der Waals surface area contributed by atoms with Crippen molar-refractivity contribution in [3.05, 3.63) is 66.2 Å². The summed E-state index contributed by atoms with van der Waals surface area (Å²) in [6, 6.07) is 15.5. The maximum Gasteiger partial charge on any atom is 0.407 e. The number of aryl methyl sites for hydroxylation is 1. The highest BCUT2D eigenvalue weighted by Gasteiger charge is 2.15. The van der Waals surface area contributed by atoms with E-state index in [-0.39, 0.29) is 12.4 Å². The van der Waals surface area contributed by atoms with E-state index in [0.29, 0.717) is 53.7 Å². The van der Waals surface area contributed by atoms with Gasteiger partial charge in [-0.2, -0.15) is 5.26 Å². The smallest absolute Gasteiger partial charge is 0.407 e. The molecule has 0 saturated heterocycles. The van der Waals surface area contributed by atoms with E-state index in [1.165, 1.54) is 0 Å². The van der Waals surface area contributed by atoms with Gasteiger partial charge in [0.15, 0.2) is 17.3 Å². The molecule has 0 radical (unpaired) electrons. The number of fused-ring (bicyclic) bond motifs is 2. The third-order valence-electron chi connectivity index (χ3n) is 6.44. The molecule has 0 bridgehead atoms. The first-order valence-corrected chi connectivity index (χ1v) is 12.8. The number of anilines is 1. The average molecular weight is 524 g/mol. The van der Waals surface area contributed by atoms with Crippen molar-refractivity contribution in [1.82, 2.24) is 34.4 Å². The van der Waals surface area contributed by atoms with Crippen molar-refractivity contribution in [3.63, 3.8) is 0 Å². The van der Waals surface area contributed by atoms with E-state index in [1.807, 2.05) is 35.2 Å². The molecule has 5 aromatic rings. The third kappa shape index (κ3) is 5.50. The molecule has 3 aromatic heterocycles. The van der Waals surface area contributed by atoms with E-state index < -0.39 is 6.09 Å². The van der Waals surface area contributed by atoms with Gasteiger partial charge in [0.2, 0.25) is 0 Å². The number of rotatable bonds is 9. The lowest BCUT2D eigenvalue weighted by Crippen LogP contribution is -2.24. The highest BCUT2D eigenvalue weighted by molar-refractivity contribution is 5.84. The SMILES string of the molecule is CC(C)n1cnc2ccc(CNC(=O)OCCCCn3cnc4c(N)nc(-c5ccccc5C#N)nc43)cc21. The zero-order valence-electron chi connectivity index (χ0n) is 21.8. The molecule has 0 spiro atoms. The fourth-order valence-corrected chi connectivity index (χ4v) is 4.39. The fourth-order valence-electron chi connectivity index (χ4n) is 4.39. The van der Waals surface area contributed by atoms with Crippen molar-refractivity contribution < 1.29 is 9.53 Å². The van der Waals surface area contributed by atoms with Crippen molar-refractivity contribution in [3.8, 4) is 17.5 Å². The predicted molar refractivity (Wildman–Crippen MR) is 147 cm³/mol. The number of hydrogen-bond donors (Lipinski definition) is 2. The zero-order chi connectivity index (χ0) is 27.4. The summed E-state index contributed by atoms with van der Waals surface area (Å²) in [4.78, 5) is 30.0. The lowest BCUT2D eigenvalue weighted by atomic mass is 10.1. The molecule has 39 heavy (non-hydrogen) atoms. The molecule has 0 atom stereocenters. The molecule has 0 aliphatic heterocycles. The number of amides is 1. The fraction of sp³-hybridized carbons (Fsp3) is 0.286. The largest absolute Gasteiger partial charge is 0.450 e. The second-order valence-electron chi connectivity index (χ2n) is 9.47. The summed E-state index contributed by atoms with van der Waals surface area (Å²) < 4.78 is 9.35. The minimum absolute atomic E-state index is 0.259. The van der Waals surface area contributed by atoms with Crippen molar-refractivity contribution >= 4 is 34.1 Å². The average Bonchev–Trinajstić information content (AvgIpc) is 3.56. The van der Waals surface area contributed by atoms with Gasteiger partial charge in [-0.05, 0) is 56.5 Å². The second kappa shape index (κ2) is 11.2. The molecule has 2 aromatic carbocycles. The Kier molecular flexibility index (Phi) is 7.36. The Bertz CT molecular complexity index is 1680. The normalized spacial score (nSPS) is 11.2. The first-order valence-electron chi connectivity index (χ1n) is 12.8. The molecule has 0 unspecified atom stereocenters. The number of imidazole rings is 2. The zero-order valence-corrected chi connectivity index (χ0v) is 21.8. The number of nitrogens with two attached hydrogens (primary N) is 1. The molecule has 0 aliphatic carbocycles. The number of ether oxygens (including phenoxy) is 1. The molecule has 0 saturated carbocycles. The van der Waals surface area contributed by atoms with Crippen molar-refractivity contribution in [2.24, 2.45) is 0 Å². The van der Waals surface area contributed by atoms with E-state index in [9.17, 15) is 10.1 Å². The van der Waals surface area contributed by atoms with Crippen molar-refractivity contribution in [2.45, 2.75) is 45.8 Å². The maximum absolute atomic E-state index is 12.2. The van der Waals surface area contributed by atoms with Crippen LogP contribution in [0.15, 0.2) is 55.1 Å². The number of nitrogen functional groups attached to an aromatic ring is 1. The summed E-state index contributed by atoms with van der Waals surface area (Å²) in [6.07, 6.45) is 4.45. The topological polar surface area (TPSA) is 150 Å². The number of carbonyl (C=O) groups is 1. The van der Waals surface area contributed by atoms with Gasteiger partial charge in [-0.1, -0.05) is 18.2 Å². The number of nitriles is 1. The van der Waals surface area contributed by atoms with Crippen LogP contribution < -0.4 is 11.1 Å². The number of unbranched alkanes of at least 4 members (excludes halogenated alkanes) is 1. The van der Waals surface area contributed by atoms with Crippen LogP contribution >= 0.6 is 0 Å². The first kappa shape index (κ1) is 25.7. The van der Waals surface area contributed by atoms with E-state index >= 15 is 0 Å². The van der Waals surface area contributed by atoms with E-state index in [0.717, 1.165) is 23.0 Å². The van der Waals surface area contributed by atoms with Gasteiger partial charge in [0, 0.05) is 24.7 Å². The minimum Gasteiger partial charge on any atom is -0.450 e. The highest BCUT2D eigenvalue weighted by Crippen LogP contribution is 2.25. The number of aromatic nitrogens is 6. The summed E-state index contributed by atoms with van der Waals surface area (Å²) in [5, 5.41) is 12.2. The van der Waals surface area contributed by atoms with Gasteiger partial charge < -0.3 is 24.9 Å². The molecule has 198 valence electrons. The summed E-state index contributed by atoms with van der Waals surface area (Å²) in [7, 11) is 0. The molecule has 11 heteroatoms. The lowest BCUT2D eigenvalue weighted by molar-refractivity contribution is 0.143. The van der Waals surface area contributed by atoms with Gasteiger partial charge in [-0.15, -0.1) is 0 Å². The molecule has 0 fully saturated rings. The van der Waals surface area contributed by atoms with Gasteiger partial charge in [-0.3, -0.25) is 0 Å². The Morgan fingerprint density at radius 1 is 1.13 bits per heavy atom. The molecule has 0 aliphatic rings. The quantitative estimate of drug-likeness (QED) is 0.267. The predicted octanol–water partition coefficient (Wildman–Crippen LogP) is 4.58. The van der Waals surface area contributed by atoms with Crippen molar-refractivity contribution in [1.29, 1.82) is 5.26 Å². The monoisotopic (exact) mass is 523 g/mol. The number of carbonyl (C=O) groups excluding carboxylic acids is 1. The number of alkyl carbamates (subject to hydrolysis) is 1. The summed E-state index contributed by atoms with van der Waals surface area (Å²) in [6.45, 7) is 5.48. The second-order valence-corrected chi connectivity index (χ2v) is 9.47. The summed E-state index contributed by atoms with van der Waals surface area (Å²) >= 11 is 0. The molecule has 1 amide bonds. The van der Waals surface area contributed by atoms with Crippen LogP contribution in [0.3, 0.4) is 0 Å². The van der Waals surface area contributed by atoms with Crippen LogP contribution in [0.4, 0.5) is 10.6 Å². The third-order valence-corrected chi connectivity index (χ3v) is 6.44. The van der Waals surface area contributed by atoms with Crippen LogP contribution in [-0.2, 0) is 17.8 Å². The maximum atomic E-state index is 12.2. The van der Waals surface area contributed by atoms with Crippen LogP contribution in [0.1, 0.15) is 43.9 Å². The molecule has 3 N–H and O–H groups in total.